The van der Waals surface area contributed by atoms with E-state index in [9.17, 15) is 0 Å². The quantitative estimate of drug-likeness (QED) is 0.852. The molecular weight excluding hydrogens is 212 g/mol. The predicted molar refractivity (Wildman–Crippen MR) is 66.8 cm³/mol. The normalized spacial score (nSPS) is 17.6. The molecule has 0 aliphatic carbocycles. The number of hydrogen-bond donors (Lipinski definition) is 1. The van der Waals surface area contributed by atoms with Crippen molar-refractivity contribution >= 4 is 0 Å². The van der Waals surface area contributed by atoms with Gasteiger partial charge in [-0.15, -0.1) is 0 Å². The highest BCUT2D eigenvalue weighted by atomic mass is 16.5. The number of benzene rings is 1. The first-order valence-electron chi connectivity index (χ1n) is 5.77. The zero-order valence-electron chi connectivity index (χ0n) is 9.47. The topological polar surface area (TPSA) is 48.1 Å². The van der Waals surface area contributed by atoms with Crippen LogP contribution >= 0.6 is 0 Å². The van der Waals surface area contributed by atoms with E-state index in [4.69, 9.17) is 10.5 Å². The van der Waals surface area contributed by atoms with Crippen molar-refractivity contribution in [3.8, 4) is 16.9 Å². The van der Waals surface area contributed by atoms with E-state index in [0.29, 0.717) is 6.54 Å². The van der Waals surface area contributed by atoms with Crippen molar-refractivity contribution in [2.75, 3.05) is 6.54 Å². The third-order valence-electron chi connectivity index (χ3n) is 3.06. The van der Waals surface area contributed by atoms with Gasteiger partial charge in [0.05, 0.1) is 0 Å². The zero-order valence-corrected chi connectivity index (χ0v) is 9.47. The minimum atomic E-state index is 0.114. The number of ether oxygens (including phenoxy) is 1. The standard InChI is InChI=1S/C14H14N2O/c15-8-12-7-10-3-1-5-13(14(10)17-12)11-4-2-6-16-9-11/h1-6,9,12H,7-8,15H2/t12-/m0/s1. The van der Waals surface area contributed by atoms with Crippen LogP contribution in [0.4, 0.5) is 0 Å². The summed E-state index contributed by atoms with van der Waals surface area (Å²) in [6.45, 7) is 0.557. The Bertz CT molecular complexity index is 525. The van der Waals surface area contributed by atoms with Gasteiger partial charge in [0.25, 0.3) is 0 Å². The molecule has 86 valence electrons. The molecule has 3 nitrogen and oxygen atoms in total. The number of fused-ring (bicyclic) bond motifs is 1. The summed E-state index contributed by atoms with van der Waals surface area (Å²) < 4.78 is 5.89. The van der Waals surface area contributed by atoms with Crippen LogP contribution in [-0.2, 0) is 6.42 Å². The van der Waals surface area contributed by atoms with Crippen molar-refractivity contribution < 1.29 is 4.74 Å². The average Bonchev–Trinajstić information content (AvgIpc) is 2.82. The van der Waals surface area contributed by atoms with Gasteiger partial charge in [0.1, 0.15) is 11.9 Å². The van der Waals surface area contributed by atoms with Crippen molar-refractivity contribution in [3.63, 3.8) is 0 Å². The third kappa shape index (κ3) is 1.78. The van der Waals surface area contributed by atoms with E-state index < -0.39 is 0 Å². The van der Waals surface area contributed by atoms with Gasteiger partial charge in [0.2, 0.25) is 0 Å². The van der Waals surface area contributed by atoms with Gasteiger partial charge >= 0.3 is 0 Å². The van der Waals surface area contributed by atoms with E-state index in [1.54, 1.807) is 6.20 Å². The van der Waals surface area contributed by atoms with Crippen molar-refractivity contribution in [3.05, 3.63) is 48.3 Å². The Balaban J connectivity index is 2.07. The predicted octanol–water partition coefficient (Wildman–Crippen LogP) is 2.01. The molecule has 3 heteroatoms. The molecule has 0 fully saturated rings. The molecule has 0 bridgehead atoms. The minimum Gasteiger partial charge on any atom is -0.488 e. The Labute approximate surface area is 100 Å². The molecule has 1 atom stereocenters. The summed E-state index contributed by atoms with van der Waals surface area (Å²) in [6, 6.07) is 10.2. The van der Waals surface area contributed by atoms with Crippen LogP contribution in [0.25, 0.3) is 11.1 Å². The van der Waals surface area contributed by atoms with Crippen LogP contribution in [0.3, 0.4) is 0 Å². The monoisotopic (exact) mass is 226 g/mol. The molecule has 0 spiro atoms. The molecule has 2 heterocycles. The highest BCUT2D eigenvalue weighted by Gasteiger charge is 2.24. The number of pyridine rings is 1. The summed E-state index contributed by atoms with van der Waals surface area (Å²) in [5, 5.41) is 0. The van der Waals surface area contributed by atoms with Gasteiger partial charge in [0.15, 0.2) is 0 Å². The molecule has 0 unspecified atom stereocenters. The maximum absolute atomic E-state index is 5.89. The highest BCUT2D eigenvalue weighted by molar-refractivity contribution is 5.72. The first kappa shape index (κ1) is 10.3. The van der Waals surface area contributed by atoms with Crippen LogP contribution in [-0.4, -0.2) is 17.6 Å². The minimum absolute atomic E-state index is 0.114. The Morgan fingerprint density at radius 2 is 2.24 bits per heavy atom. The zero-order chi connectivity index (χ0) is 11.7. The van der Waals surface area contributed by atoms with E-state index in [0.717, 1.165) is 23.3 Å². The molecule has 1 aromatic carbocycles. The van der Waals surface area contributed by atoms with Gasteiger partial charge in [-0.3, -0.25) is 4.98 Å². The number of nitrogens with two attached hydrogens (primary N) is 1. The third-order valence-corrected chi connectivity index (χ3v) is 3.06. The van der Waals surface area contributed by atoms with Crippen molar-refractivity contribution in [2.24, 2.45) is 5.73 Å². The molecule has 2 N–H and O–H groups in total. The Morgan fingerprint density at radius 3 is 3.00 bits per heavy atom. The summed E-state index contributed by atoms with van der Waals surface area (Å²) in [7, 11) is 0. The Morgan fingerprint density at radius 1 is 1.29 bits per heavy atom. The summed E-state index contributed by atoms with van der Waals surface area (Å²) in [5.74, 6) is 0.968. The van der Waals surface area contributed by atoms with Crippen LogP contribution in [0.2, 0.25) is 0 Å². The van der Waals surface area contributed by atoms with E-state index in [2.05, 4.69) is 23.2 Å². The molecule has 1 aromatic heterocycles. The number of nitrogens with zero attached hydrogens (tertiary/aromatic N) is 1. The SMILES string of the molecule is NC[C@@H]1Cc2cccc(-c3cccnc3)c2O1. The number of rotatable bonds is 2. The fourth-order valence-electron chi connectivity index (χ4n) is 2.22. The van der Waals surface area contributed by atoms with E-state index in [1.165, 1.54) is 5.56 Å². The molecule has 2 aromatic rings. The number of hydrogen-bond acceptors (Lipinski definition) is 3. The molecule has 0 saturated heterocycles. The van der Waals surface area contributed by atoms with Gasteiger partial charge in [0, 0.05) is 36.5 Å². The highest BCUT2D eigenvalue weighted by Crippen LogP contribution is 2.38. The van der Waals surface area contributed by atoms with Gasteiger partial charge in [-0.1, -0.05) is 24.3 Å². The molecule has 3 rings (SSSR count). The molecule has 0 saturated carbocycles. The lowest BCUT2D eigenvalue weighted by Gasteiger charge is -2.10. The maximum atomic E-state index is 5.89. The second-order valence-corrected chi connectivity index (χ2v) is 4.22. The molecule has 0 amide bonds. The lowest BCUT2D eigenvalue weighted by atomic mass is 10.0. The Kier molecular flexibility index (Phi) is 2.53. The molecule has 0 radical (unpaired) electrons. The number of aromatic nitrogens is 1. The lowest BCUT2D eigenvalue weighted by molar-refractivity contribution is 0.242. The van der Waals surface area contributed by atoms with Crippen LogP contribution in [0.1, 0.15) is 5.56 Å². The van der Waals surface area contributed by atoms with Crippen LogP contribution in [0.5, 0.6) is 5.75 Å². The van der Waals surface area contributed by atoms with E-state index in [1.807, 2.05) is 18.3 Å². The maximum Gasteiger partial charge on any atom is 0.131 e. The summed E-state index contributed by atoms with van der Waals surface area (Å²) in [6.07, 6.45) is 4.65. The van der Waals surface area contributed by atoms with Crippen LogP contribution < -0.4 is 10.5 Å². The second-order valence-electron chi connectivity index (χ2n) is 4.22. The van der Waals surface area contributed by atoms with Crippen LogP contribution in [0, 0.1) is 0 Å². The summed E-state index contributed by atoms with van der Waals surface area (Å²) in [5.41, 5.74) is 9.09. The summed E-state index contributed by atoms with van der Waals surface area (Å²) >= 11 is 0. The Hall–Kier alpha value is -1.87. The smallest absolute Gasteiger partial charge is 0.131 e. The van der Waals surface area contributed by atoms with Gasteiger partial charge < -0.3 is 10.5 Å². The van der Waals surface area contributed by atoms with Crippen LogP contribution in [0.15, 0.2) is 42.7 Å². The van der Waals surface area contributed by atoms with Crippen molar-refractivity contribution in [1.29, 1.82) is 0 Å². The molecule has 1 aliphatic heterocycles. The van der Waals surface area contributed by atoms with E-state index in [-0.39, 0.29) is 6.10 Å². The van der Waals surface area contributed by atoms with E-state index >= 15 is 0 Å². The largest absolute Gasteiger partial charge is 0.488 e. The van der Waals surface area contributed by atoms with Gasteiger partial charge in [-0.05, 0) is 11.6 Å². The average molecular weight is 226 g/mol. The fraction of sp³-hybridized carbons (Fsp3) is 0.214. The molecule has 1 aliphatic rings. The van der Waals surface area contributed by atoms with Gasteiger partial charge in [-0.2, -0.15) is 0 Å². The summed E-state index contributed by atoms with van der Waals surface area (Å²) in [4.78, 5) is 4.15. The number of para-hydroxylation sites is 1. The second kappa shape index (κ2) is 4.18. The molecular formula is C14H14N2O. The first-order chi connectivity index (χ1) is 8.38. The fourth-order valence-corrected chi connectivity index (χ4v) is 2.22. The lowest BCUT2D eigenvalue weighted by Crippen LogP contribution is -2.24. The molecule has 17 heavy (non-hydrogen) atoms. The first-order valence-corrected chi connectivity index (χ1v) is 5.77. The van der Waals surface area contributed by atoms with Crippen molar-refractivity contribution in [2.45, 2.75) is 12.5 Å². The van der Waals surface area contributed by atoms with Crippen molar-refractivity contribution in [1.82, 2.24) is 4.98 Å². The van der Waals surface area contributed by atoms with Gasteiger partial charge in [-0.25, -0.2) is 0 Å².